The van der Waals surface area contributed by atoms with E-state index in [0.29, 0.717) is 13.0 Å². The molecule has 1 aromatic heterocycles. The van der Waals surface area contributed by atoms with Crippen molar-refractivity contribution in [1.29, 1.82) is 0 Å². The Morgan fingerprint density at radius 1 is 1.67 bits per heavy atom. The van der Waals surface area contributed by atoms with Crippen molar-refractivity contribution in [2.24, 2.45) is 18.7 Å². The largest absolute Gasteiger partial charge is 0.330 e. The molecule has 0 saturated heterocycles. The zero-order valence-electron chi connectivity index (χ0n) is 9.31. The van der Waals surface area contributed by atoms with Gasteiger partial charge in [0.1, 0.15) is 5.78 Å². The number of aryl methyl sites for hydroxylation is 1. The summed E-state index contributed by atoms with van der Waals surface area (Å²) in [7, 11) is 1.79. The lowest BCUT2D eigenvalue weighted by molar-refractivity contribution is -0.121. The number of aromatic nitrogens is 3. The third-order valence-electron chi connectivity index (χ3n) is 2.40. The summed E-state index contributed by atoms with van der Waals surface area (Å²) in [6, 6.07) is 0. The van der Waals surface area contributed by atoms with Gasteiger partial charge in [0, 0.05) is 19.2 Å². The molecule has 1 heterocycles. The number of nitrogens with zero attached hydrogens (tertiary/aromatic N) is 3. The lowest BCUT2D eigenvalue weighted by atomic mass is 9.97. The first-order valence-electron chi connectivity index (χ1n) is 5.21. The molecule has 0 spiro atoms. The van der Waals surface area contributed by atoms with Crippen molar-refractivity contribution in [3.63, 3.8) is 0 Å². The average molecular weight is 210 g/mol. The number of hydrogen-bond acceptors (Lipinski definition) is 4. The van der Waals surface area contributed by atoms with Crippen LogP contribution in [0.15, 0.2) is 6.20 Å². The minimum atomic E-state index is 0.0653. The molecule has 5 heteroatoms. The van der Waals surface area contributed by atoms with Gasteiger partial charge in [-0.3, -0.25) is 9.48 Å². The van der Waals surface area contributed by atoms with Crippen LogP contribution in [0.1, 0.15) is 25.5 Å². The molecule has 2 N–H and O–H groups in total. The van der Waals surface area contributed by atoms with Crippen molar-refractivity contribution in [3.05, 3.63) is 11.9 Å². The van der Waals surface area contributed by atoms with Crippen LogP contribution in [0.3, 0.4) is 0 Å². The minimum absolute atomic E-state index is 0.0653. The van der Waals surface area contributed by atoms with E-state index < -0.39 is 0 Å². The van der Waals surface area contributed by atoms with E-state index in [-0.39, 0.29) is 11.7 Å². The second kappa shape index (κ2) is 5.60. The van der Waals surface area contributed by atoms with E-state index in [1.54, 1.807) is 17.9 Å². The van der Waals surface area contributed by atoms with E-state index in [0.717, 1.165) is 18.5 Å². The summed E-state index contributed by atoms with van der Waals surface area (Å²) in [5, 5.41) is 7.67. The molecular weight excluding hydrogens is 192 g/mol. The smallest absolute Gasteiger partial charge is 0.141 e. The maximum Gasteiger partial charge on any atom is 0.141 e. The van der Waals surface area contributed by atoms with Crippen LogP contribution in [-0.2, 0) is 18.3 Å². The van der Waals surface area contributed by atoms with Crippen molar-refractivity contribution in [2.45, 2.75) is 26.2 Å². The Bertz CT molecular complexity index is 321. The molecule has 0 bridgehead atoms. The summed E-state index contributed by atoms with van der Waals surface area (Å²) in [6.07, 6.45) is 3.90. The molecular formula is C10H18N4O. The Labute approximate surface area is 89.6 Å². The van der Waals surface area contributed by atoms with Crippen LogP contribution in [0, 0.1) is 5.92 Å². The molecule has 5 nitrogen and oxygen atoms in total. The fourth-order valence-corrected chi connectivity index (χ4v) is 1.41. The highest BCUT2D eigenvalue weighted by atomic mass is 16.1. The predicted octanol–water partition coefficient (Wildman–Crippen LogP) is 0.302. The van der Waals surface area contributed by atoms with Crippen LogP contribution in [0.2, 0.25) is 0 Å². The van der Waals surface area contributed by atoms with E-state index in [2.05, 4.69) is 10.3 Å². The van der Waals surface area contributed by atoms with Crippen molar-refractivity contribution < 1.29 is 4.79 Å². The number of Topliss-reactive ketones (excluding diaryl/α,β-unsaturated/α-hetero) is 1. The molecule has 1 aromatic rings. The topological polar surface area (TPSA) is 73.8 Å². The molecule has 0 radical (unpaired) electrons. The van der Waals surface area contributed by atoms with E-state index in [9.17, 15) is 4.79 Å². The zero-order valence-corrected chi connectivity index (χ0v) is 9.31. The van der Waals surface area contributed by atoms with Gasteiger partial charge in [0.2, 0.25) is 0 Å². The average Bonchev–Trinajstić information content (AvgIpc) is 2.60. The van der Waals surface area contributed by atoms with E-state index in [1.165, 1.54) is 0 Å². The number of rotatable bonds is 6. The highest BCUT2D eigenvalue weighted by Gasteiger charge is 2.14. The van der Waals surface area contributed by atoms with Crippen LogP contribution in [0.4, 0.5) is 0 Å². The van der Waals surface area contributed by atoms with E-state index >= 15 is 0 Å². The number of ketones is 1. The summed E-state index contributed by atoms with van der Waals surface area (Å²) >= 11 is 0. The van der Waals surface area contributed by atoms with Gasteiger partial charge in [-0.05, 0) is 19.4 Å². The van der Waals surface area contributed by atoms with E-state index in [4.69, 9.17) is 5.73 Å². The van der Waals surface area contributed by atoms with Gasteiger partial charge >= 0.3 is 0 Å². The molecule has 0 aliphatic carbocycles. The minimum Gasteiger partial charge on any atom is -0.330 e. The maximum absolute atomic E-state index is 11.7. The van der Waals surface area contributed by atoms with Crippen molar-refractivity contribution in [2.75, 3.05) is 6.54 Å². The van der Waals surface area contributed by atoms with Gasteiger partial charge in [-0.2, -0.15) is 0 Å². The van der Waals surface area contributed by atoms with Gasteiger partial charge in [-0.25, -0.2) is 0 Å². The summed E-state index contributed by atoms with van der Waals surface area (Å²) in [5.74, 6) is 0.277. The molecule has 1 unspecified atom stereocenters. The molecule has 0 fully saturated rings. The fourth-order valence-electron chi connectivity index (χ4n) is 1.41. The van der Waals surface area contributed by atoms with Gasteiger partial charge < -0.3 is 5.73 Å². The first-order chi connectivity index (χ1) is 7.13. The second-order valence-corrected chi connectivity index (χ2v) is 3.86. The summed E-state index contributed by atoms with van der Waals surface area (Å²) in [6.45, 7) is 2.58. The SMILES string of the molecule is CC(CCCN)C(=O)Cc1cn(C)nn1. The monoisotopic (exact) mass is 210 g/mol. The predicted molar refractivity (Wildman–Crippen MR) is 57.2 cm³/mol. The molecule has 0 saturated carbocycles. The molecule has 0 aromatic carbocycles. The third kappa shape index (κ3) is 3.79. The molecule has 0 aliphatic rings. The van der Waals surface area contributed by atoms with Crippen LogP contribution in [-0.4, -0.2) is 27.3 Å². The van der Waals surface area contributed by atoms with Crippen LogP contribution in [0.5, 0.6) is 0 Å². The van der Waals surface area contributed by atoms with Gasteiger partial charge in [0.25, 0.3) is 0 Å². The Balaban J connectivity index is 2.41. The Morgan fingerprint density at radius 2 is 2.40 bits per heavy atom. The lowest BCUT2D eigenvalue weighted by Crippen LogP contribution is -2.15. The summed E-state index contributed by atoms with van der Waals surface area (Å²) in [5.41, 5.74) is 6.13. The van der Waals surface area contributed by atoms with Crippen molar-refractivity contribution >= 4 is 5.78 Å². The van der Waals surface area contributed by atoms with Crippen molar-refractivity contribution in [1.82, 2.24) is 15.0 Å². The van der Waals surface area contributed by atoms with Gasteiger partial charge in [-0.15, -0.1) is 5.10 Å². The van der Waals surface area contributed by atoms with Gasteiger partial charge in [-0.1, -0.05) is 12.1 Å². The highest BCUT2D eigenvalue weighted by molar-refractivity contribution is 5.82. The Morgan fingerprint density at radius 3 is 2.93 bits per heavy atom. The van der Waals surface area contributed by atoms with Crippen LogP contribution >= 0.6 is 0 Å². The zero-order chi connectivity index (χ0) is 11.3. The Kier molecular flexibility index (Phi) is 4.42. The molecule has 0 aliphatic heterocycles. The third-order valence-corrected chi connectivity index (χ3v) is 2.40. The van der Waals surface area contributed by atoms with Crippen LogP contribution in [0.25, 0.3) is 0 Å². The number of carbonyl (C=O) groups is 1. The summed E-state index contributed by atoms with van der Waals surface area (Å²) < 4.78 is 1.60. The first-order valence-corrected chi connectivity index (χ1v) is 5.21. The number of carbonyl (C=O) groups excluding carboxylic acids is 1. The molecule has 1 atom stereocenters. The number of hydrogen-bond donors (Lipinski definition) is 1. The first kappa shape index (κ1) is 11.8. The number of nitrogens with two attached hydrogens (primary N) is 1. The molecule has 84 valence electrons. The van der Waals surface area contributed by atoms with Crippen LogP contribution < -0.4 is 5.73 Å². The summed E-state index contributed by atoms with van der Waals surface area (Å²) in [4.78, 5) is 11.7. The normalized spacial score (nSPS) is 12.7. The highest BCUT2D eigenvalue weighted by Crippen LogP contribution is 2.09. The van der Waals surface area contributed by atoms with Gasteiger partial charge in [0.15, 0.2) is 0 Å². The molecule has 0 amide bonds. The second-order valence-electron chi connectivity index (χ2n) is 3.86. The fraction of sp³-hybridized carbons (Fsp3) is 0.700. The van der Waals surface area contributed by atoms with Gasteiger partial charge in [0.05, 0.1) is 12.1 Å². The molecule has 15 heavy (non-hydrogen) atoms. The maximum atomic E-state index is 11.7. The Hall–Kier alpha value is -1.23. The quantitative estimate of drug-likeness (QED) is 0.733. The standard InChI is InChI=1S/C10H18N4O/c1-8(4-3-5-11)10(15)6-9-7-14(2)13-12-9/h7-8H,3-6,11H2,1-2H3. The molecule has 1 rings (SSSR count). The lowest BCUT2D eigenvalue weighted by Gasteiger charge is -2.07. The van der Waals surface area contributed by atoms with Crippen molar-refractivity contribution in [3.8, 4) is 0 Å². The van der Waals surface area contributed by atoms with E-state index in [1.807, 2.05) is 6.92 Å².